The molecule has 0 N–H and O–H groups in total. The van der Waals surface area contributed by atoms with E-state index in [0.717, 1.165) is 30.3 Å². The second kappa shape index (κ2) is 11.8. The summed E-state index contributed by atoms with van der Waals surface area (Å²) in [5.74, 6) is -2.29. The summed E-state index contributed by atoms with van der Waals surface area (Å²) in [5.41, 5.74) is -7.49. The predicted molar refractivity (Wildman–Crippen MR) is 155 cm³/mol. The zero-order valence-electron chi connectivity index (χ0n) is 25.3. The lowest BCUT2D eigenvalue weighted by Crippen LogP contribution is -2.55. The number of fused-ring (bicyclic) bond motifs is 3. The third-order valence-corrected chi connectivity index (χ3v) is 12.4. The Morgan fingerprint density at radius 3 is 2.00 bits per heavy atom. The third kappa shape index (κ3) is 5.37. The van der Waals surface area contributed by atoms with E-state index in [1.807, 2.05) is 0 Å². The molecule has 262 valence electrons. The number of amides is 2. The first-order valence-electron chi connectivity index (χ1n) is 15.1. The lowest BCUT2D eigenvalue weighted by Gasteiger charge is -2.43. The molecule has 6 nitrogen and oxygen atoms in total. The quantitative estimate of drug-likeness (QED) is 0.211. The molecule has 2 amide bonds. The number of hydrogen-bond acceptors (Lipinski definition) is 4. The van der Waals surface area contributed by atoms with Crippen LogP contribution in [0.3, 0.4) is 0 Å². The summed E-state index contributed by atoms with van der Waals surface area (Å²) in [4.78, 5) is 29.2. The SMILES string of the molecule is O=C([C@@H]1CCC(=O)N1Cc1ccc(F)cc1)N1CC[C@]2(S(=O)(=O)c3ccc(F)cc3)c3ccc(C(F)(C(F)(F)F)C(F)(F)F)cc3CC[C@H]12. The molecule has 0 bridgehead atoms. The number of rotatable bonds is 6. The van der Waals surface area contributed by atoms with Crippen molar-refractivity contribution in [1.82, 2.24) is 9.80 Å². The molecule has 2 fully saturated rings. The highest BCUT2D eigenvalue weighted by Gasteiger charge is 2.74. The summed E-state index contributed by atoms with van der Waals surface area (Å²) in [6.45, 7) is -0.277. The molecule has 49 heavy (non-hydrogen) atoms. The molecule has 0 saturated carbocycles. The Bertz CT molecular complexity index is 1880. The second-order valence-electron chi connectivity index (χ2n) is 12.4. The van der Waals surface area contributed by atoms with Gasteiger partial charge in [-0.2, -0.15) is 26.3 Å². The largest absolute Gasteiger partial charge is 0.435 e. The smallest absolute Gasteiger partial charge is 0.336 e. The van der Waals surface area contributed by atoms with Crippen LogP contribution in [0.5, 0.6) is 0 Å². The molecule has 3 atom stereocenters. The minimum absolute atomic E-state index is 0.00979. The summed E-state index contributed by atoms with van der Waals surface area (Å²) in [5, 5.41) is 0. The minimum atomic E-state index is -6.40. The van der Waals surface area contributed by atoms with Crippen LogP contribution >= 0.6 is 0 Å². The fourth-order valence-electron chi connectivity index (χ4n) is 7.48. The van der Waals surface area contributed by atoms with E-state index in [4.69, 9.17) is 0 Å². The van der Waals surface area contributed by atoms with Gasteiger partial charge in [-0.15, -0.1) is 0 Å². The van der Waals surface area contributed by atoms with Gasteiger partial charge in [0.2, 0.25) is 11.8 Å². The highest BCUT2D eigenvalue weighted by Crippen LogP contribution is 2.57. The van der Waals surface area contributed by atoms with E-state index in [9.17, 15) is 53.1 Å². The van der Waals surface area contributed by atoms with Crippen LogP contribution in [-0.2, 0) is 42.8 Å². The van der Waals surface area contributed by atoms with Gasteiger partial charge in [-0.3, -0.25) is 9.59 Å². The zero-order valence-corrected chi connectivity index (χ0v) is 26.1. The van der Waals surface area contributed by atoms with Crippen LogP contribution in [0.15, 0.2) is 71.6 Å². The maximum atomic E-state index is 15.1. The number of aryl methyl sites for hydroxylation is 1. The Labute approximate surface area is 274 Å². The molecule has 0 aromatic heterocycles. The molecule has 16 heteroatoms. The first-order valence-corrected chi connectivity index (χ1v) is 16.6. The van der Waals surface area contributed by atoms with Crippen LogP contribution in [-0.4, -0.2) is 61.0 Å². The first-order chi connectivity index (χ1) is 22.8. The number of carbonyl (C=O) groups is 2. The van der Waals surface area contributed by atoms with Crippen molar-refractivity contribution in [2.75, 3.05) is 6.54 Å². The van der Waals surface area contributed by atoms with Crippen LogP contribution in [0.4, 0.5) is 39.5 Å². The fraction of sp³-hybridized carbons (Fsp3) is 0.394. The monoisotopic (exact) mass is 718 g/mol. The van der Waals surface area contributed by atoms with Crippen LogP contribution in [0.25, 0.3) is 0 Å². The second-order valence-corrected chi connectivity index (χ2v) is 14.6. The van der Waals surface area contributed by atoms with E-state index in [1.54, 1.807) is 0 Å². The minimum Gasteiger partial charge on any atom is -0.336 e. The molecule has 3 aliphatic rings. The number of benzene rings is 3. The lowest BCUT2D eigenvalue weighted by atomic mass is 9.76. The molecule has 0 spiro atoms. The molecular formula is C33H27F9N2O4S. The van der Waals surface area contributed by atoms with Gasteiger partial charge in [0.1, 0.15) is 22.4 Å². The Balaban J connectivity index is 1.44. The number of likely N-dealkylation sites (tertiary alicyclic amines) is 2. The van der Waals surface area contributed by atoms with Gasteiger partial charge in [0.25, 0.3) is 0 Å². The van der Waals surface area contributed by atoms with Crippen molar-refractivity contribution in [3.8, 4) is 0 Å². The molecule has 3 aromatic rings. The Morgan fingerprint density at radius 2 is 1.41 bits per heavy atom. The van der Waals surface area contributed by atoms with Crippen LogP contribution in [0.1, 0.15) is 47.9 Å². The molecule has 0 radical (unpaired) electrons. The number of hydrogen-bond donors (Lipinski definition) is 0. The average Bonchev–Trinajstić information content (AvgIpc) is 3.62. The molecule has 2 saturated heterocycles. The van der Waals surface area contributed by atoms with Crippen LogP contribution in [0.2, 0.25) is 0 Å². The lowest BCUT2D eigenvalue weighted by molar-refractivity contribution is -0.348. The number of nitrogens with zero attached hydrogens (tertiary/aromatic N) is 2. The maximum Gasteiger partial charge on any atom is 0.435 e. The maximum absolute atomic E-state index is 15.1. The predicted octanol–water partition coefficient (Wildman–Crippen LogP) is 6.66. The van der Waals surface area contributed by atoms with Gasteiger partial charge in [0, 0.05) is 25.1 Å². The number of carbonyl (C=O) groups excluding carboxylic acids is 2. The summed E-state index contributed by atoms with van der Waals surface area (Å²) in [6, 6.07) is 8.01. The van der Waals surface area contributed by atoms with Crippen molar-refractivity contribution >= 4 is 21.7 Å². The molecule has 0 unspecified atom stereocenters. The molecular weight excluding hydrogens is 691 g/mol. The van der Waals surface area contributed by atoms with E-state index < -0.39 is 72.7 Å². The number of sulfone groups is 1. The molecule has 1 aliphatic carbocycles. The van der Waals surface area contributed by atoms with E-state index in [-0.39, 0.29) is 68.3 Å². The highest BCUT2D eigenvalue weighted by atomic mass is 32.2. The average molecular weight is 719 g/mol. The van der Waals surface area contributed by atoms with Gasteiger partial charge in [0.15, 0.2) is 9.84 Å². The zero-order chi connectivity index (χ0) is 35.7. The highest BCUT2D eigenvalue weighted by molar-refractivity contribution is 7.92. The van der Waals surface area contributed by atoms with Gasteiger partial charge >= 0.3 is 18.0 Å². The van der Waals surface area contributed by atoms with Crippen molar-refractivity contribution in [2.45, 2.75) is 78.4 Å². The van der Waals surface area contributed by atoms with Gasteiger partial charge in [-0.1, -0.05) is 30.3 Å². The van der Waals surface area contributed by atoms with Crippen LogP contribution < -0.4 is 0 Å². The summed E-state index contributed by atoms with van der Waals surface area (Å²) >= 11 is 0. The van der Waals surface area contributed by atoms with Crippen LogP contribution in [0, 0.1) is 11.6 Å². The van der Waals surface area contributed by atoms with Crippen molar-refractivity contribution in [3.05, 3.63) is 101 Å². The number of alkyl halides is 7. The Morgan fingerprint density at radius 1 is 0.816 bits per heavy atom. The summed E-state index contributed by atoms with van der Waals surface area (Å²) < 4.78 is 151. The first kappa shape index (κ1) is 34.8. The molecule has 3 aromatic carbocycles. The fourth-order valence-corrected chi connectivity index (χ4v) is 9.85. The number of halogens is 9. The van der Waals surface area contributed by atoms with E-state index >= 15 is 4.39 Å². The van der Waals surface area contributed by atoms with Crippen molar-refractivity contribution < 1.29 is 57.5 Å². The molecule has 2 heterocycles. The van der Waals surface area contributed by atoms with Crippen molar-refractivity contribution in [2.24, 2.45) is 0 Å². The normalized spacial score (nSPS) is 23.1. The van der Waals surface area contributed by atoms with Crippen molar-refractivity contribution in [3.63, 3.8) is 0 Å². The summed E-state index contributed by atoms with van der Waals surface area (Å²) in [6.07, 6.45) is -13.6. The standard InChI is InChI=1S/C33H27F9N2O4S/c34-22-5-1-19(2-6-22)18-44-26(12-14-28(44)45)29(46)43-16-15-30(49(47,48)24-9-7-23(35)8-10-24)25-11-4-21(17-20(25)3-13-27(30)43)31(36,32(37,38)39)33(40,41)42/h1-2,4-11,17,26-27H,3,12-16,18H2/t26-,27-,30-/m0/s1. The summed E-state index contributed by atoms with van der Waals surface area (Å²) in [7, 11) is -4.68. The topological polar surface area (TPSA) is 74.8 Å². The van der Waals surface area contributed by atoms with Gasteiger partial charge in [-0.25, -0.2) is 21.6 Å². The molecule has 6 rings (SSSR count). The van der Waals surface area contributed by atoms with Gasteiger partial charge < -0.3 is 9.80 Å². The third-order valence-electron chi connectivity index (χ3n) is 9.83. The van der Waals surface area contributed by atoms with E-state index in [0.29, 0.717) is 11.6 Å². The van der Waals surface area contributed by atoms with Gasteiger partial charge in [-0.05, 0) is 78.8 Å². The van der Waals surface area contributed by atoms with E-state index in [2.05, 4.69) is 0 Å². The van der Waals surface area contributed by atoms with Crippen molar-refractivity contribution in [1.29, 1.82) is 0 Å². The molecule has 2 aliphatic heterocycles. The van der Waals surface area contributed by atoms with Gasteiger partial charge in [0.05, 0.1) is 10.9 Å². The Hall–Kier alpha value is -4.08. The van der Waals surface area contributed by atoms with E-state index in [1.165, 1.54) is 34.1 Å². The Kier molecular flexibility index (Phi) is 8.35.